The lowest BCUT2D eigenvalue weighted by Gasteiger charge is -2.21. The molecular formula is C11H20O2. The van der Waals surface area contributed by atoms with Crippen LogP contribution in [-0.2, 0) is 9.53 Å². The zero-order chi connectivity index (χ0) is 9.84. The predicted octanol–water partition coefficient (Wildman–Crippen LogP) is 2.62. The van der Waals surface area contributed by atoms with Crippen LogP contribution in [-0.4, -0.2) is 12.6 Å². The summed E-state index contributed by atoms with van der Waals surface area (Å²) < 4.78 is 5.03. The Morgan fingerprint density at radius 2 is 2.23 bits per heavy atom. The molecule has 0 aromatic carbocycles. The summed E-state index contributed by atoms with van der Waals surface area (Å²) in [6.07, 6.45) is 3.74. The van der Waals surface area contributed by atoms with E-state index in [0.717, 1.165) is 0 Å². The molecule has 2 heteroatoms. The monoisotopic (exact) mass is 184 g/mol. The summed E-state index contributed by atoms with van der Waals surface area (Å²) in [5.74, 6) is 1.33. The molecule has 1 aliphatic rings. The fourth-order valence-corrected chi connectivity index (χ4v) is 2.37. The molecule has 0 N–H and O–H groups in total. The third kappa shape index (κ3) is 2.45. The lowest BCUT2D eigenvalue weighted by atomic mass is 9.86. The molecule has 0 spiro atoms. The van der Waals surface area contributed by atoms with E-state index in [1.165, 1.54) is 19.3 Å². The van der Waals surface area contributed by atoms with E-state index < -0.39 is 0 Å². The molecule has 1 saturated carbocycles. The van der Waals surface area contributed by atoms with Crippen molar-refractivity contribution in [2.24, 2.45) is 17.8 Å². The second-order valence-corrected chi connectivity index (χ2v) is 4.11. The number of rotatable bonds is 3. The third-order valence-electron chi connectivity index (χ3n) is 3.23. The van der Waals surface area contributed by atoms with Crippen LogP contribution in [0.25, 0.3) is 0 Å². The number of ether oxygens (including phenoxy) is 1. The molecule has 0 aliphatic heterocycles. The van der Waals surface area contributed by atoms with Gasteiger partial charge in [-0.1, -0.05) is 26.7 Å². The maximum absolute atomic E-state index is 11.5. The molecule has 0 heterocycles. The Hall–Kier alpha value is -0.530. The first-order valence-electron chi connectivity index (χ1n) is 5.33. The Morgan fingerprint density at radius 1 is 1.54 bits per heavy atom. The minimum Gasteiger partial charge on any atom is -0.466 e. The summed E-state index contributed by atoms with van der Waals surface area (Å²) >= 11 is 0. The van der Waals surface area contributed by atoms with Crippen LogP contribution in [0.1, 0.15) is 40.0 Å². The maximum Gasteiger partial charge on any atom is 0.308 e. The SMILES string of the molecule is CCOC(=O)C(C)[C@H]1CCC[C@@H]1C. The van der Waals surface area contributed by atoms with E-state index in [1.54, 1.807) is 0 Å². The first-order chi connectivity index (χ1) is 6.16. The van der Waals surface area contributed by atoms with Crippen LogP contribution in [0.15, 0.2) is 0 Å². The van der Waals surface area contributed by atoms with Crippen molar-refractivity contribution in [3.8, 4) is 0 Å². The van der Waals surface area contributed by atoms with Gasteiger partial charge in [-0.3, -0.25) is 4.79 Å². The highest BCUT2D eigenvalue weighted by Gasteiger charge is 2.32. The highest BCUT2D eigenvalue weighted by atomic mass is 16.5. The molecule has 0 bridgehead atoms. The number of hydrogen-bond donors (Lipinski definition) is 0. The Morgan fingerprint density at radius 3 is 2.69 bits per heavy atom. The van der Waals surface area contributed by atoms with E-state index in [-0.39, 0.29) is 11.9 Å². The van der Waals surface area contributed by atoms with Crippen molar-refractivity contribution in [2.45, 2.75) is 40.0 Å². The second kappa shape index (κ2) is 4.64. The second-order valence-electron chi connectivity index (χ2n) is 4.11. The van der Waals surface area contributed by atoms with E-state index in [4.69, 9.17) is 4.74 Å². The third-order valence-corrected chi connectivity index (χ3v) is 3.23. The molecule has 3 atom stereocenters. The van der Waals surface area contributed by atoms with Gasteiger partial charge in [0, 0.05) is 0 Å². The van der Waals surface area contributed by atoms with Gasteiger partial charge >= 0.3 is 5.97 Å². The molecule has 1 rings (SSSR count). The van der Waals surface area contributed by atoms with Gasteiger partial charge in [0.15, 0.2) is 0 Å². The quantitative estimate of drug-likeness (QED) is 0.630. The highest BCUT2D eigenvalue weighted by molar-refractivity contribution is 5.72. The highest BCUT2D eigenvalue weighted by Crippen LogP contribution is 2.36. The van der Waals surface area contributed by atoms with E-state index in [2.05, 4.69) is 6.92 Å². The van der Waals surface area contributed by atoms with Gasteiger partial charge in [0.25, 0.3) is 0 Å². The summed E-state index contributed by atoms with van der Waals surface area (Å²) in [6, 6.07) is 0. The van der Waals surface area contributed by atoms with Gasteiger partial charge in [-0.05, 0) is 25.2 Å². The standard InChI is InChI=1S/C11H20O2/c1-4-13-11(12)9(3)10-7-5-6-8(10)2/h8-10H,4-7H2,1-3H3/t8-,9?,10-/m0/s1. The van der Waals surface area contributed by atoms with E-state index >= 15 is 0 Å². The molecule has 13 heavy (non-hydrogen) atoms. The van der Waals surface area contributed by atoms with Gasteiger partial charge in [0.1, 0.15) is 0 Å². The average Bonchev–Trinajstić information content (AvgIpc) is 2.50. The number of carbonyl (C=O) groups excluding carboxylic acids is 1. The average molecular weight is 184 g/mol. The van der Waals surface area contributed by atoms with Gasteiger partial charge in [-0.25, -0.2) is 0 Å². The van der Waals surface area contributed by atoms with Crippen LogP contribution in [0.2, 0.25) is 0 Å². The molecule has 2 nitrogen and oxygen atoms in total. The van der Waals surface area contributed by atoms with Crippen molar-refractivity contribution < 1.29 is 9.53 Å². The normalized spacial score (nSPS) is 30.1. The fraction of sp³-hybridized carbons (Fsp3) is 0.909. The van der Waals surface area contributed by atoms with Gasteiger partial charge < -0.3 is 4.74 Å². The number of carbonyl (C=O) groups is 1. The fourth-order valence-electron chi connectivity index (χ4n) is 2.37. The largest absolute Gasteiger partial charge is 0.466 e. The molecular weight excluding hydrogens is 164 g/mol. The Bertz CT molecular complexity index is 177. The topological polar surface area (TPSA) is 26.3 Å². The lowest BCUT2D eigenvalue weighted by molar-refractivity contribution is -0.149. The Labute approximate surface area is 80.7 Å². The molecule has 1 fully saturated rings. The van der Waals surface area contributed by atoms with Crippen LogP contribution in [0.4, 0.5) is 0 Å². The Balaban J connectivity index is 2.45. The van der Waals surface area contributed by atoms with Crippen molar-refractivity contribution in [3.63, 3.8) is 0 Å². The summed E-state index contributed by atoms with van der Waals surface area (Å²) in [4.78, 5) is 11.5. The molecule has 0 radical (unpaired) electrons. The smallest absolute Gasteiger partial charge is 0.308 e. The molecule has 0 aromatic heterocycles. The Kier molecular flexibility index (Phi) is 3.76. The summed E-state index contributed by atoms with van der Waals surface area (Å²) in [7, 11) is 0. The molecule has 0 aromatic rings. The minimum absolute atomic E-state index is 0.0127. The molecule has 0 amide bonds. The van der Waals surface area contributed by atoms with Crippen molar-refractivity contribution in [1.82, 2.24) is 0 Å². The maximum atomic E-state index is 11.5. The van der Waals surface area contributed by atoms with Crippen molar-refractivity contribution in [1.29, 1.82) is 0 Å². The summed E-state index contributed by atoms with van der Waals surface area (Å²) in [6.45, 7) is 6.62. The van der Waals surface area contributed by atoms with E-state index in [1.807, 2.05) is 13.8 Å². The van der Waals surface area contributed by atoms with Gasteiger partial charge in [-0.15, -0.1) is 0 Å². The predicted molar refractivity (Wildman–Crippen MR) is 52.3 cm³/mol. The van der Waals surface area contributed by atoms with Crippen LogP contribution < -0.4 is 0 Å². The first-order valence-corrected chi connectivity index (χ1v) is 5.33. The van der Waals surface area contributed by atoms with E-state index in [0.29, 0.717) is 18.4 Å². The van der Waals surface area contributed by atoms with Crippen molar-refractivity contribution >= 4 is 5.97 Å². The molecule has 76 valence electrons. The lowest BCUT2D eigenvalue weighted by Crippen LogP contribution is -2.24. The summed E-state index contributed by atoms with van der Waals surface area (Å²) in [5.41, 5.74) is 0. The van der Waals surface area contributed by atoms with Gasteiger partial charge in [0.2, 0.25) is 0 Å². The van der Waals surface area contributed by atoms with Crippen LogP contribution in [0.3, 0.4) is 0 Å². The van der Waals surface area contributed by atoms with Crippen LogP contribution >= 0.6 is 0 Å². The zero-order valence-electron chi connectivity index (χ0n) is 8.88. The van der Waals surface area contributed by atoms with Crippen LogP contribution in [0.5, 0.6) is 0 Å². The van der Waals surface area contributed by atoms with E-state index in [9.17, 15) is 4.79 Å². The zero-order valence-corrected chi connectivity index (χ0v) is 8.88. The minimum atomic E-state index is -0.0127. The van der Waals surface area contributed by atoms with Gasteiger partial charge in [-0.2, -0.15) is 0 Å². The summed E-state index contributed by atoms with van der Waals surface area (Å²) in [5, 5.41) is 0. The van der Waals surface area contributed by atoms with Crippen LogP contribution in [0, 0.1) is 17.8 Å². The van der Waals surface area contributed by atoms with Crippen molar-refractivity contribution in [2.75, 3.05) is 6.61 Å². The van der Waals surface area contributed by atoms with Gasteiger partial charge in [0.05, 0.1) is 12.5 Å². The molecule has 1 unspecified atom stereocenters. The van der Waals surface area contributed by atoms with Crippen molar-refractivity contribution in [3.05, 3.63) is 0 Å². The molecule has 1 aliphatic carbocycles. The molecule has 0 saturated heterocycles. The number of hydrogen-bond acceptors (Lipinski definition) is 2. The number of esters is 1. The first kappa shape index (κ1) is 10.6.